The molecule has 11 nitrogen and oxygen atoms in total. The van der Waals surface area contributed by atoms with Gasteiger partial charge in [0, 0.05) is 25.0 Å². The number of nitrogens with one attached hydrogen (secondary N) is 1. The SMILES string of the molecule is CC(C)N(CC1OC(n2cnc3c(N)ncnc32)[C@H](O)[C@@H]1O)C1CC(CCc2nc3ccc(C(C)(C)C)cc3[nH]2)C1. The van der Waals surface area contributed by atoms with Gasteiger partial charge in [-0.3, -0.25) is 9.47 Å². The Labute approximate surface area is 240 Å². The molecule has 5 N–H and O–H groups in total. The molecule has 1 saturated carbocycles. The van der Waals surface area contributed by atoms with Crippen LogP contribution in [0.3, 0.4) is 0 Å². The van der Waals surface area contributed by atoms with Gasteiger partial charge < -0.3 is 25.7 Å². The Morgan fingerprint density at radius 1 is 1.15 bits per heavy atom. The fourth-order valence-corrected chi connectivity index (χ4v) is 6.35. The minimum atomic E-state index is -1.11. The number of nitrogens with two attached hydrogens (primary N) is 1. The van der Waals surface area contributed by atoms with Crippen LogP contribution in [0.4, 0.5) is 5.82 Å². The Bertz CT molecular complexity index is 1520. The average Bonchev–Trinajstić information content (AvgIpc) is 3.58. The second-order valence-electron chi connectivity index (χ2n) is 13.1. The highest BCUT2D eigenvalue weighted by atomic mass is 16.6. The van der Waals surface area contributed by atoms with Crippen molar-refractivity contribution < 1.29 is 14.9 Å². The van der Waals surface area contributed by atoms with Gasteiger partial charge in [-0.1, -0.05) is 26.8 Å². The zero-order chi connectivity index (χ0) is 29.1. The normalized spacial score (nSPS) is 27.0. The third kappa shape index (κ3) is 5.31. The van der Waals surface area contributed by atoms with Crippen molar-refractivity contribution in [2.24, 2.45) is 5.92 Å². The largest absolute Gasteiger partial charge is 0.387 e. The monoisotopic (exact) mass is 562 g/mol. The highest BCUT2D eigenvalue weighted by Crippen LogP contribution is 2.38. The molecule has 4 atom stereocenters. The molecule has 4 aromatic rings. The number of ether oxygens (including phenoxy) is 1. The number of aliphatic hydroxyl groups excluding tert-OH is 2. The molecule has 0 radical (unpaired) electrons. The van der Waals surface area contributed by atoms with Gasteiger partial charge in [0.25, 0.3) is 0 Å². The molecule has 0 amide bonds. The summed E-state index contributed by atoms with van der Waals surface area (Å²) in [5, 5.41) is 21.8. The topological polar surface area (TPSA) is 151 Å². The minimum Gasteiger partial charge on any atom is -0.387 e. The van der Waals surface area contributed by atoms with Crippen LogP contribution in [0.5, 0.6) is 0 Å². The Morgan fingerprint density at radius 3 is 2.66 bits per heavy atom. The summed E-state index contributed by atoms with van der Waals surface area (Å²) < 4.78 is 7.86. The summed E-state index contributed by atoms with van der Waals surface area (Å²) in [6.45, 7) is 11.6. The fraction of sp³-hybridized carbons (Fsp3) is 0.600. The quantitative estimate of drug-likeness (QED) is 0.253. The third-order valence-corrected chi connectivity index (χ3v) is 8.92. The van der Waals surface area contributed by atoms with Gasteiger partial charge in [0.05, 0.1) is 17.4 Å². The third-order valence-electron chi connectivity index (χ3n) is 8.92. The maximum Gasteiger partial charge on any atom is 0.167 e. The van der Waals surface area contributed by atoms with Crippen molar-refractivity contribution in [2.75, 3.05) is 12.3 Å². The number of hydrogen-bond donors (Lipinski definition) is 4. The van der Waals surface area contributed by atoms with Gasteiger partial charge in [-0.05, 0) is 62.1 Å². The van der Waals surface area contributed by atoms with Crippen LogP contribution < -0.4 is 5.73 Å². The van der Waals surface area contributed by atoms with E-state index in [-0.39, 0.29) is 17.3 Å². The molecule has 2 fully saturated rings. The number of aromatic nitrogens is 6. The molecular formula is C30H42N8O3. The molecule has 1 aromatic carbocycles. The lowest BCUT2D eigenvalue weighted by Gasteiger charge is -2.46. The lowest BCUT2D eigenvalue weighted by Crippen LogP contribution is -2.52. The summed E-state index contributed by atoms with van der Waals surface area (Å²) in [4.78, 5) is 23.3. The van der Waals surface area contributed by atoms with Crippen molar-refractivity contribution in [1.82, 2.24) is 34.4 Å². The van der Waals surface area contributed by atoms with E-state index in [2.05, 4.69) is 77.7 Å². The van der Waals surface area contributed by atoms with Crippen molar-refractivity contribution in [3.05, 3.63) is 42.2 Å². The van der Waals surface area contributed by atoms with E-state index in [4.69, 9.17) is 15.5 Å². The van der Waals surface area contributed by atoms with Crippen molar-refractivity contribution in [1.29, 1.82) is 0 Å². The Morgan fingerprint density at radius 2 is 1.93 bits per heavy atom. The lowest BCUT2D eigenvalue weighted by molar-refractivity contribution is -0.0620. The minimum absolute atomic E-state index is 0.110. The number of aromatic amines is 1. The summed E-state index contributed by atoms with van der Waals surface area (Å²) in [5.74, 6) is 1.95. The smallest absolute Gasteiger partial charge is 0.167 e. The first kappa shape index (κ1) is 28.0. The van der Waals surface area contributed by atoms with Crippen LogP contribution in [-0.4, -0.2) is 81.5 Å². The van der Waals surface area contributed by atoms with Crippen LogP contribution in [0, 0.1) is 5.92 Å². The molecule has 4 heterocycles. The van der Waals surface area contributed by atoms with Crippen molar-refractivity contribution in [3.8, 4) is 0 Å². The maximum atomic E-state index is 10.9. The van der Waals surface area contributed by atoms with Crippen LogP contribution in [0.1, 0.15) is 71.5 Å². The summed E-state index contributed by atoms with van der Waals surface area (Å²) in [6.07, 6.45) is 3.63. The number of H-pyrrole nitrogens is 1. The van der Waals surface area contributed by atoms with E-state index in [1.165, 1.54) is 18.2 Å². The van der Waals surface area contributed by atoms with Gasteiger partial charge in [-0.15, -0.1) is 0 Å². The molecule has 1 aliphatic heterocycles. The number of aryl methyl sites for hydroxylation is 1. The second kappa shape index (κ2) is 10.6. The predicted octanol–water partition coefficient (Wildman–Crippen LogP) is 3.32. The summed E-state index contributed by atoms with van der Waals surface area (Å²) in [6, 6.07) is 7.22. The number of rotatable bonds is 8. The molecule has 3 aromatic heterocycles. The van der Waals surface area contributed by atoms with Gasteiger partial charge in [0.1, 0.15) is 36.0 Å². The van der Waals surface area contributed by atoms with Gasteiger partial charge >= 0.3 is 0 Å². The van der Waals surface area contributed by atoms with E-state index in [1.54, 1.807) is 4.57 Å². The average molecular weight is 563 g/mol. The number of imidazole rings is 2. The van der Waals surface area contributed by atoms with Crippen molar-refractivity contribution in [3.63, 3.8) is 0 Å². The molecule has 11 heteroatoms. The highest BCUT2D eigenvalue weighted by molar-refractivity contribution is 5.81. The first-order valence-corrected chi connectivity index (χ1v) is 14.7. The van der Waals surface area contributed by atoms with E-state index in [0.717, 1.165) is 42.5 Å². The van der Waals surface area contributed by atoms with Crippen LogP contribution in [0.15, 0.2) is 30.9 Å². The first-order valence-electron chi connectivity index (χ1n) is 14.7. The Balaban J connectivity index is 1.06. The predicted molar refractivity (Wildman–Crippen MR) is 157 cm³/mol. The number of nitrogens with zero attached hydrogens (tertiary/aromatic N) is 6. The van der Waals surface area contributed by atoms with Crippen molar-refractivity contribution >= 4 is 28.0 Å². The molecule has 220 valence electrons. The Hall–Kier alpha value is -3.12. The number of benzene rings is 1. The van der Waals surface area contributed by atoms with E-state index >= 15 is 0 Å². The molecule has 2 unspecified atom stereocenters. The molecule has 0 bridgehead atoms. The Kier molecular flexibility index (Phi) is 7.25. The molecule has 0 spiro atoms. The molecule has 6 rings (SSSR count). The second-order valence-corrected chi connectivity index (χ2v) is 13.1. The fourth-order valence-electron chi connectivity index (χ4n) is 6.35. The first-order chi connectivity index (χ1) is 19.5. The van der Waals surface area contributed by atoms with Crippen LogP contribution in [-0.2, 0) is 16.6 Å². The van der Waals surface area contributed by atoms with Crippen LogP contribution >= 0.6 is 0 Å². The van der Waals surface area contributed by atoms with E-state index in [1.807, 2.05) is 0 Å². The number of hydrogen-bond acceptors (Lipinski definition) is 9. The zero-order valence-electron chi connectivity index (χ0n) is 24.5. The van der Waals surface area contributed by atoms with Crippen LogP contribution in [0.25, 0.3) is 22.2 Å². The standard InChI is InChI=1S/C30H42N8O3/c1-16(2)37(13-22-25(39)26(40)29(41-22)38-15-34-24-27(31)32-14-33-28(24)38)19-10-17(11-19)6-9-23-35-20-8-7-18(30(3,4)5)12-21(20)36-23/h7-8,12,14-17,19,22,25-26,29,39-40H,6,9-11,13H2,1-5H3,(H,35,36)(H2,31,32,33)/t17?,19?,22?,25-,26-,29?/m1/s1. The molecule has 41 heavy (non-hydrogen) atoms. The van der Waals surface area contributed by atoms with E-state index in [0.29, 0.717) is 29.7 Å². The highest BCUT2D eigenvalue weighted by Gasteiger charge is 2.46. The van der Waals surface area contributed by atoms with E-state index < -0.39 is 24.5 Å². The van der Waals surface area contributed by atoms with Gasteiger partial charge in [-0.2, -0.15) is 0 Å². The lowest BCUT2D eigenvalue weighted by atomic mass is 9.76. The number of anilines is 1. The summed E-state index contributed by atoms with van der Waals surface area (Å²) in [5.41, 5.74) is 10.4. The number of fused-ring (bicyclic) bond motifs is 2. The van der Waals surface area contributed by atoms with Crippen LogP contribution in [0.2, 0.25) is 0 Å². The van der Waals surface area contributed by atoms with Gasteiger partial charge in [-0.25, -0.2) is 19.9 Å². The number of nitrogen functional groups attached to an aromatic ring is 1. The van der Waals surface area contributed by atoms with Gasteiger partial charge in [0.2, 0.25) is 0 Å². The molecule has 1 aliphatic carbocycles. The van der Waals surface area contributed by atoms with E-state index in [9.17, 15) is 10.2 Å². The summed E-state index contributed by atoms with van der Waals surface area (Å²) >= 11 is 0. The maximum absolute atomic E-state index is 10.9. The molecule has 1 saturated heterocycles. The van der Waals surface area contributed by atoms with Crippen molar-refractivity contribution in [2.45, 2.75) is 102 Å². The number of aliphatic hydroxyl groups is 2. The molecular weight excluding hydrogens is 520 g/mol. The zero-order valence-corrected chi connectivity index (χ0v) is 24.5. The van der Waals surface area contributed by atoms with Gasteiger partial charge in [0.15, 0.2) is 17.7 Å². The molecule has 2 aliphatic rings. The summed E-state index contributed by atoms with van der Waals surface area (Å²) in [7, 11) is 0.